The molecule has 0 saturated heterocycles. The second-order valence-electron chi connectivity index (χ2n) is 5.27. The Kier molecular flexibility index (Phi) is 1.24. The van der Waals surface area contributed by atoms with Crippen LogP contribution in [0.3, 0.4) is 0 Å². The highest BCUT2D eigenvalue weighted by molar-refractivity contribution is 6.09. The number of hydrogen-bond donors (Lipinski definition) is 0. The number of furan rings is 1. The van der Waals surface area contributed by atoms with Crippen molar-refractivity contribution in [1.82, 2.24) is 0 Å². The molecule has 1 aromatic heterocycles. The molecule has 2 heterocycles. The topological polar surface area (TPSA) is 19.6 Å². The lowest BCUT2D eigenvalue weighted by Gasteiger charge is -2.19. The van der Waals surface area contributed by atoms with Gasteiger partial charge in [-0.15, -0.1) is 0 Å². The van der Waals surface area contributed by atoms with Crippen molar-refractivity contribution in [2.24, 2.45) is 0 Å². The van der Waals surface area contributed by atoms with Gasteiger partial charge in [0.15, 0.2) is 5.58 Å². The molecule has 5 rings (SSSR count). The van der Waals surface area contributed by atoms with Crippen LogP contribution < -0.4 is 9.80 Å². The van der Waals surface area contributed by atoms with Crippen molar-refractivity contribution in [3.05, 3.63) is 66.5 Å². The van der Waals surface area contributed by atoms with Crippen LogP contribution >= 0.6 is 0 Å². The first-order valence-corrected chi connectivity index (χ1v) is 6.99. The predicted octanol–water partition coefficient (Wildman–Crippen LogP) is 5.13. The van der Waals surface area contributed by atoms with E-state index in [1.165, 1.54) is 6.07 Å². The van der Waals surface area contributed by atoms with E-state index in [1.54, 1.807) is 16.8 Å². The lowest BCUT2D eigenvalue weighted by Crippen LogP contribution is -2.24. The van der Waals surface area contributed by atoms with Crippen LogP contribution in [0, 0.1) is 0 Å². The van der Waals surface area contributed by atoms with Gasteiger partial charge in [0, 0.05) is 17.8 Å². The molecule has 0 fully saturated rings. The Hall–Kier alpha value is -2.94. The molecule has 1 aliphatic heterocycles. The maximum atomic E-state index is 8.44. The summed E-state index contributed by atoms with van der Waals surface area (Å²) in [5, 5.41) is 0.0514. The van der Waals surface area contributed by atoms with Gasteiger partial charge >= 0.3 is 0 Å². The molecule has 1 aliphatic rings. The van der Waals surface area contributed by atoms with Crippen molar-refractivity contribution in [2.75, 3.05) is 23.5 Å². The molecular weight excluding hydrogens is 284 g/mol. The molecule has 3 nitrogen and oxygen atoms in total. The average Bonchev–Trinajstić information content (AvgIpc) is 3.35. The third kappa shape index (κ3) is 1.70. The minimum Gasteiger partial charge on any atom is -0.454 e. The minimum atomic E-state index is -0.480. The van der Waals surface area contributed by atoms with Crippen molar-refractivity contribution in [3.8, 4) is 0 Å². The fourth-order valence-electron chi connectivity index (χ4n) is 2.88. The summed E-state index contributed by atoms with van der Waals surface area (Å²) in [6, 6.07) is -2.15. The normalized spacial score (nSPS) is 20.0. The molecule has 4 aromatic rings. The van der Waals surface area contributed by atoms with Gasteiger partial charge in [0.2, 0.25) is 0 Å². The lowest BCUT2D eigenvalue weighted by molar-refractivity contribution is 0.668. The molecule has 3 aromatic carbocycles. The summed E-state index contributed by atoms with van der Waals surface area (Å²) in [5.74, 6) is 0. The Balaban J connectivity index is 1.93. The minimum absolute atomic E-state index is 0.000843. The molecular formula is C20H16N2O. The third-order valence-corrected chi connectivity index (χ3v) is 3.92. The molecule has 3 heteroatoms. The average molecular weight is 310 g/mol. The van der Waals surface area contributed by atoms with Crippen LogP contribution in [0.2, 0.25) is 0 Å². The van der Waals surface area contributed by atoms with Crippen molar-refractivity contribution >= 4 is 39.0 Å². The van der Waals surface area contributed by atoms with Crippen molar-refractivity contribution in [1.29, 1.82) is 0 Å². The smallest absolute Gasteiger partial charge is 0.159 e. The summed E-state index contributed by atoms with van der Waals surface area (Å²) in [6.07, 6.45) is 0. The van der Waals surface area contributed by atoms with Gasteiger partial charge in [-0.05, 0) is 24.2 Å². The largest absolute Gasteiger partial charge is 0.454 e. The molecule has 0 saturated carbocycles. The van der Waals surface area contributed by atoms with Crippen LogP contribution in [-0.2, 0) is 0 Å². The number of nitrogens with zero attached hydrogens (tertiary/aromatic N) is 2. The molecule has 112 valence electrons. The Labute approximate surface area is 148 Å². The predicted molar refractivity (Wildman–Crippen MR) is 95.6 cm³/mol. The maximum Gasteiger partial charge on any atom is 0.159 e. The Bertz CT molecular complexity index is 1530. The second kappa shape index (κ2) is 4.53. The molecule has 0 spiro atoms. The van der Waals surface area contributed by atoms with Crippen molar-refractivity contribution < 1.29 is 18.1 Å². The van der Waals surface area contributed by atoms with Gasteiger partial charge in [-0.1, -0.05) is 42.3 Å². The highest BCUT2D eigenvalue weighted by Crippen LogP contribution is 2.43. The van der Waals surface area contributed by atoms with E-state index in [-0.39, 0.29) is 81.9 Å². The molecule has 0 N–H and O–H groups in total. The molecule has 0 unspecified atom stereocenters. The zero-order valence-corrected chi connectivity index (χ0v) is 12.1. The monoisotopic (exact) mass is 310 g/mol. The van der Waals surface area contributed by atoms with Crippen LogP contribution in [0.5, 0.6) is 0 Å². The molecule has 0 radical (unpaired) electrons. The SMILES string of the molecule is [2H]c1cc(N2CN(C)c3c([2H])c([2H])c([2H])c([2H])c32)c2oc3c([2H])c([2H])c([2H])c([2H])c3c2c1[2H]. The van der Waals surface area contributed by atoms with Crippen molar-refractivity contribution in [2.45, 2.75) is 0 Å². The van der Waals surface area contributed by atoms with Gasteiger partial charge in [-0.2, -0.15) is 0 Å². The maximum absolute atomic E-state index is 8.44. The Morgan fingerprint density at radius 3 is 2.52 bits per heavy atom. The van der Waals surface area contributed by atoms with Crippen LogP contribution in [0.25, 0.3) is 21.9 Å². The first-order valence-electron chi connectivity index (χ1n) is 12.0. The van der Waals surface area contributed by atoms with E-state index in [0.29, 0.717) is 0 Å². The summed E-state index contributed by atoms with van der Waals surface area (Å²) in [4.78, 5) is 3.18. The van der Waals surface area contributed by atoms with Gasteiger partial charge < -0.3 is 14.2 Å². The highest BCUT2D eigenvalue weighted by Gasteiger charge is 2.26. The number of benzene rings is 3. The number of anilines is 3. The van der Waals surface area contributed by atoms with Crippen LogP contribution in [-0.4, -0.2) is 13.7 Å². The Morgan fingerprint density at radius 1 is 0.870 bits per heavy atom. The fraction of sp³-hybridized carbons (Fsp3) is 0.100. The number of rotatable bonds is 1. The Morgan fingerprint density at radius 2 is 1.61 bits per heavy atom. The first kappa shape index (κ1) is 6.28. The van der Waals surface area contributed by atoms with Crippen LogP contribution in [0.15, 0.2) is 70.9 Å². The lowest BCUT2D eigenvalue weighted by atomic mass is 10.1. The summed E-state index contributed by atoms with van der Waals surface area (Å²) in [6.45, 7) is 0.105. The van der Waals surface area contributed by atoms with E-state index in [1.807, 2.05) is 0 Å². The molecule has 23 heavy (non-hydrogen) atoms. The van der Waals surface area contributed by atoms with Gasteiger partial charge in [0.25, 0.3) is 0 Å². The standard InChI is InChI=1S/C20H16N2O/c1-21-13-22(17-10-4-3-9-16(17)21)18-11-6-8-15-14-7-2-5-12-19(14)23-20(15)18/h2-12H,13H2,1H3/i2D,3D,4D,5D,6D,7D,8D,9D,10D,12D. The zero-order chi connectivity index (χ0) is 24.1. The van der Waals surface area contributed by atoms with Gasteiger partial charge in [-0.25, -0.2) is 0 Å². The highest BCUT2D eigenvalue weighted by atomic mass is 16.3. The van der Waals surface area contributed by atoms with Gasteiger partial charge in [0.1, 0.15) is 5.58 Å². The number of fused-ring (bicyclic) bond motifs is 4. The van der Waals surface area contributed by atoms with Gasteiger partial charge in [0.05, 0.1) is 37.4 Å². The first-order chi connectivity index (χ1) is 15.5. The molecule has 0 atom stereocenters. The van der Waals surface area contributed by atoms with E-state index in [2.05, 4.69) is 0 Å². The molecule has 0 aliphatic carbocycles. The van der Waals surface area contributed by atoms with Crippen molar-refractivity contribution in [3.63, 3.8) is 0 Å². The fourth-order valence-corrected chi connectivity index (χ4v) is 2.88. The summed E-state index contributed by atoms with van der Waals surface area (Å²) in [5.41, 5.74) is 0.596. The summed E-state index contributed by atoms with van der Waals surface area (Å²) >= 11 is 0. The van der Waals surface area contributed by atoms with Crippen LogP contribution in [0.4, 0.5) is 17.1 Å². The van der Waals surface area contributed by atoms with E-state index in [0.717, 1.165) is 0 Å². The van der Waals surface area contributed by atoms with E-state index < -0.39 is 24.2 Å². The molecule has 0 amide bonds. The second-order valence-corrected chi connectivity index (χ2v) is 5.27. The summed E-state index contributed by atoms with van der Waals surface area (Å²) in [7, 11) is 1.66. The molecule has 0 bridgehead atoms. The third-order valence-electron chi connectivity index (χ3n) is 3.92. The zero-order valence-electron chi connectivity index (χ0n) is 22.1. The summed E-state index contributed by atoms with van der Waals surface area (Å²) < 4.78 is 87.9. The van der Waals surface area contributed by atoms with E-state index in [4.69, 9.17) is 18.1 Å². The number of para-hydroxylation sites is 4. The van der Waals surface area contributed by atoms with Gasteiger partial charge in [-0.3, -0.25) is 0 Å². The quantitative estimate of drug-likeness (QED) is 0.486. The van der Waals surface area contributed by atoms with E-state index >= 15 is 0 Å². The van der Waals surface area contributed by atoms with Crippen LogP contribution in [0.1, 0.15) is 13.7 Å². The van der Waals surface area contributed by atoms with E-state index in [9.17, 15) is 0 Å². The number of hydrogen-bond acceptors (Lipinski definition) is 3.